The summed E-state index contributed by atoms with van der Waals surface area (Å²) in [5.41, 5.74) is 1.56. The van der Waals surface area contributed by atoms with Crippen LogP contribution in [0.1, 0.15) is 24.8 Å². The molecule has 1 fully saturated rings. The number of hydrogen-bond donors (Lipinski definition) is 1. The molecule has 0 atom stereocenters. The second kappa shape index (κ2) is 8.54. The van der Waals surface area contributed by atoms with Gasteiger partial charge in [0, 0.05) is 18.8 Å². The van der Waals surface area contributed by atoms with E-state index in [1.165, 1.54) is 10.4 Å². The van der Waals surface area contributed by atoms with Gasteiger partial charge in [-0.3, -0.25) is 4.79 Å². The second-order valence-corrected chi connectivity index (χ2v) is 8.54. The molecule has 7 heteroatoms. The summed E-state index contributed by atoms with van der Waals surface area (Å²) in [6.45, 7) is 3.33. The number of rotatable bonds is 7. The van der Waals surface area contributed by atoms with Crippen molar-refractivity contribution in [2.24, 2.45) is 0 Å². The number of nitrogens with zero attached hydrogens (tertiary/aromatic N) is 1. The van der Waals surface area contributed by atoms with Crippen LogP contribution in [0.3, 0.4) is 0 Å². The number of aryl methyl sites for hydroxylation is 1. The molecular formula is C20H24N2O4S. The van der Waals surface area contributed by atoms with Gasteiger partial charge < -0.3 is 10.1 Å². The topological polar surface area (TPSA) is 75.7 Å². The Labute approximate surface area is 160 Å². The highest BCUT2D eigenvalue weighted by Gasteiger charge is 2.27. The molecule has 0 radical (unpaired) electrons. The SMILES string of the molecule is Cc1cccc(OCCC(=O)Nc2cccc(S(=O)(=O)N3CCCC3)c2)c1. The molecule has 6 nitrogen and oxygen atoms in total. The third-order valence-corrected chi connectivity index (χ3v) is 6.30. The Kier molecular flexibility index (Phi) is 6.13. The number of sulfonamides is 1. The van der Waals surface area contributed by atoms with Gasteiger partial charge in [0.05, 0.1) is 17.9 Å². The monoisotopic (exact) mass is 388 g/mol. The highest BCUT2D eigenvalue weighted by atomic mass is 32.2. The Morgan fingerprint density at radius 1 is 1.11 bits per heavy atom. The van der Waals surface area contributed by atoms with Gasteiger partial charge in [-0.1, -0.05) is 18.2 Å². The minimum atomic E-state index is -3.50. The van der Waals surface area contributed by atoms with Gasteiger partial charge in [0.1, 0.15) is 5.75 Å². The van der Waals surface area contributed by atoms with Crippen LogP contribution in [-0.2, 0) is 14.8 Å². The zero-order valence-corrected chi connectivity index (χ0v) is 16.2. The van der Waals surface area contributed by atoms with Crippen LogP contribution in [0.5, 0.6) is 5.75 Å². The van der Waals surface area contributed by atoms with Crippen molar-refractivity contribution in [3.05, 3.63) is 54.1 Å². The van der Waals surface area contributed by atoms with E-state index < -0.39 is 10.0 Å². The van der Waals surface area contributed by atoms with Crippen LogP contribution < -0.4 is 10.1 Å². The summed E-state index contributed by atoms with van der Waals surface area (Å²) in [4.78, 5) is 12.3. The molecule has 0 bridgehead atoms. The lowest BCUT2D eigenvalue weighted by atomic mass is 10.2. The number of benzene rings is 2. The highest BCUT2D eigenvalue weighted by molar-refractivity contribution is 7.89. The average Bonchev–Trinajstić information content (AvgIpc) is 3.17. The van der Waals surface area contributed by atoms with E-state index in [1.807, 2.05) is 31.2 Å². The van der Waals surface area contributed by atoms with Crippen molar-refractivity contribution < 1.29 is 17.9 Å². The van der Waals surface area contributed by atoms with E-state index in [-0.39, 0.29) is 23.8 Å². The molecule has 0 aromatic heterocycles. The van der Waals surface area contributed by atoms with Crippen LogP contribution in [0.15, 0.2) is 53.4 Å². The maximum atomic E-state index is 12.6. The van der Waals surface area contributed by atoms with E-state index in [1.54, 1.807) is 18.2 Å². The summed E-state index contributed by atoms with van der Waals surface area (Å²) < 4.78 is 32.3. The maximum Gasteiger partial charge on any atom is 0.243 e. The summed E-state index contributed by atoms with van der Waals surface area (Å²) in [6, 6.07) is 14.0. The zero-order chi connectivity index (χ0) is 19.3. The number of carbonyl (C=O) groups excluding carboxylic acids is 1. The number of hydrogen-bond acceptors (Lipinski definition) is 4. The number of carbonyl (C=O) groups is 1. The molecule has 0 unspecified atom stereocenters. The van der Waals surface area contributed by atoms with E-state index in [0.29, 0.717) is 18.8 Å². The fourth-order valence-electron chi connectivity index (χ4n) is 3.00. The summed E-state index contributed by atoms with van der Waals surface area (Å²) in [5.74, 6) is 0.500. The van der Waals surface area contributed by atoms with Gasteiger partial charge in [0.25, 0.3) is 0 Å². The Morgan fingerprint density at radius 3 is 2.59 bits per heavy atom. The predicted octanol–water partition coefficient (Wildman–Crippen LogP) is 3.19. The van der Waals surface area contributed by atoms with Crippen LogP contribution >= 0.6 is 0 Å². The van der Waals surface area contributed by atoms with Crippen LogP contribution in [0, 0.1) is 6.92 Å². The van der Waals surface area contributed by atoms with Gasteiger partial charge in [-0.15, -0.1) is 0 Å². The fraction of sp³-hybridized carbons (Fsp3) is 0.350. The number of anilines is 1. The number of ether oxygens (including phenoxy) is 1. The van der Waals surface area contributed by atoms with Crippen LogP contribution in [0.25, 0.3) is 0 Å². The van der Waals surface area contributed by atoms with E-state index in [0.717, 1.165) is 24.2 Å². The molecule has 1 amide bonds. The Balaban J connectivity index is 1.56. The third-order valence-electron chi connectivity index (χ3n) is 4.41. The van der Waals surface area contributed by atoms with Gasteiger partial charge in [-0.2, -0.15) is 4.31 Å². The summed E-state index contributed by atoms with van der Waals surface area (Å²) in [6.07, 6.45) is 1.95. The van der Waals surface area contributed by atoms with Crippen molar-refractivity contribution in [2.45, 2.75) is 31.1 Å². The first-order chi connectivity index (χ1) is 12.9. The molecule has 144 valence electrons. The molecule has 1 heterocycles. The number of amides is 1. The molecule has 2 aromatic carbocycles. The maximum absolute atomic E-state index is 12.6. The van der Waals surface area contributed by atoms with Crippen LogP contribution in [0.2, 0.25) is 0 Å². The van der Waals surface area contributed by atoms with Gasteiger partial charge in [0.15, 0.2) is 0 Å². The molecule has 1 aliphatic heterocycles. The van der Waals surface area contributed by atoms with Gasteiger partial charge >= 0.3 is 0 Å². The fourth-order valence-corrected chi connectivity index (χ4v) is 4.57. The molecule has 0 saturated carbocycles. The molecule has 2 aromatic rings. The summed E-state index contributed by atoms with van der Waals surface area (Å²) in [7, 11) is -3.50. The summed E-state index contributed by atoms with van der Waals surface area (Å²) >= 11 is 0. The minimum Gasteiger partial charge on any atom is -0.493 e. The van der Waals surface area contributed by atoms with Crippen LogP contribution in [-0.4, -0.2) is 38.3 Å². The quantitative estimate of drug-likeness (QED) is 0.790. The van der Waals surface area contributed by atoms with Crippen LogP contribution in [0.4, 0.5) is 5.69 Å². The highest BCUT2D eigenvalue weighted by Crippen LogP contribution is 2.23. The number of nitrogens with one attached hydrogen (secondary N) is 1. The van der Waals surface area contributed by atoms with Crippen molar-refractivity contribution in [1.29, 1.82) is 0 Å². The van der Waals surface area contributed by atoms with E-state index in [9.17, 15) is 13.2 Å². The lowest BCUT2D eigenvalue weighted by Gasteiger charge is -2.16. The third kappa shape index (κ3) is 5.08. The average molecular weight is 388 g/mol. The molecule has 27 heavy (non-hydrogen) atoms. The Bertz CT molecular complexity index is 906. The standard InChI is InChI=1S/C20H24N2O4S/c1-16-6-4-8-18(14-16)26-13-10-20(23)21-17-7-5-9-19(15-17)27(24,25)22-11-2-3-12-22/h4-9,14-15H,2-3,10-13H2,1H3,(H,21,23). The minimum absolute atomic E-state index is 0.178. The molecule has 1 saturated heterocycles. The molecule has 1 N–H and O–H groups in total. The largest absolute Gasteiger partial charge is 0.493 e. The van der Waals surface area contributed by atoms with Crippen molar-refractivity contribution in [3.8, 4) is 5.75 Å². The van der Waals surface area contributed by atoms with Crippen molar-refractivity contribution in [3.63, 3.8) is 0 Å². The normalized spacial score (nSPS) is 14.9. The first-order valence-electron chi connectivity index (χ1n) is 9.05. The van der Waals surface area contributed by atoms with Crippen molar-refractivity contribution in [1.82, 2.24) is 4.31 Å². The summed E-state index contributed by atoms with van der Waals surface area (Å²) in [5, 5.41) is 2.74. The first kappa shape index (κ1) is 19.4. The Hall–Kier alpha value is -2.38. The van der Waals surface area contributed by atoms with Crippen molar-refractivity contribution in [2.75, 3.05) is 25.0 Å². The van der Waals surface area contributed by atoms with E-state index in [4.69, 9.17) is 4.74 Å². The molecule has 1 aliphatic rings. The van der Waals surface area contributed by atoms with E-state index >= 15 is 0 Å². The van der Waals surface area contributed by atoms with E-state index in [2.05, 4.69) is 5.32 Å². The molecule has 0 aliphatic carbocycles. The lowest BCUT2D eigenvalue weighted by Crippen LogP contribution is -2.28. The van der Waals surface area contributed by atoms with Crippen molar-refractivity contribution >= 4 is 21.6 Å². The van der Waals surface area contributed by atoms with Gasteiger partial charge in [-0.05, 0) is 55.7 Å². The second-order valence-electron chi connectivity index (χ2n) is 6.60. The predicted molar refractivity (Wildman–Crippen MR) is 104 cm³/mol. The smallest absolute Gasteiger partial charge is 0.243 e. The first-order valence-corrected chi connectivity index (χ1v) is 10.5. The molecular weight excluding hydrogens is 364 g/mol. The van der Waals surface area contributed by atoms with Gasteiger partial charge in [-0.25, -0.2) is 8.42 Å². The lowest BCUT2D eigenvalue weighted by molar-refractivity contribution is -0.116. The van der Waals surface area contributed by atoms with Gasteiger partial charge in [0.2, 0.25) is 15.9 Å². The molecule has 0 spiro atoms. The molecule has 3 rings (SSSR count). The zero-order valence-electron chi connectivity index (χ0n) is 15.3. The Morgan fingerprint density at radius 2 is 1.85 bits per heavy atom.